The van der Waals surface area contributed by atoms with Gasteiger partial charge in [0.25, 0.3) is 0 Å². The second-order valence-corrected chi connectivity index (χ2v) is 6.11. The Morgan fingerprint density at radius 3 is 2.71 bits per heavy atom. The number of nitrogens with one attached hydrogen (secondary N) is 1. The molecule has 0 fully saturated rings. The van der Waals surface area contributed by atoms with E-state index in [1.807, 2.05) is 6.20 Å². The molecule has 116 valence electrons. The quantitative estimate of drug-likeness (QED) is 0.771. The average molecular weight is 307 g/mol. The normalized spacial score (nSPS) is 13.0. The van der Waals surface area contributed by atoms with Crippen molar-refractivity contribution in [3.63, 3.8) is 0 Å². The summed E-state index contributed by atoms with van der Waals surface area (Å²) in [6.07, 6.45) is 8.20. The van der Waals surface area contributed by atoms with Crippen LogP contribution in [-0.2, 0) is 6.42 Å². The molecule has 0 amide bonds. The summed E-state index contributed by atoms with van der Waals surface area (Å²) in [5, 5.41) is 12.3. The maximum atomic E-state index is 4.75. The van der Waals surface area contributed by atoms with E-state index in [2.05, 4.69) is 52.6 Å². The van der Waals surface area contributed by atoms with E-state index in [1.165, 1.54) is 16.4 Å². The van der Waals surface area contributed by atoms with Crippen molar-refractivity contribution in [2.75, 3.05) is 6.54 Å². The van der Waals surface area contributed by atoms with Gasteiger partial charge in [-0.2, -0.15) is 5.10 Å². The molecule has 0 radical (unpaired) electrons. The summed E-state index contributed by atoms with van der Waals surface area (Å²) in [7, 11) is 0. The molecule has 2 rings (SSSR count). The molecule has 0 aliphatic carbocycles. The highest BCUT2D eigenvalue weighted by atomic mass is 32.1. The van der Waals surface area contributed by atoms with Crippen molar-refractivity contribution in [3.05, 3.63) is 29.0 Å². The van der Waals surface area contributed by atoms with Crippen LogP contribution in [0.3, 0.4) is 0 Å². The van der Waals surface area contributed by atoms with E-state index >= 15 is 0 Å². The number of hydrogen-bond acceptors (Lipinski definition) is 5. The van der Waals surface area contributed by atoms with Crippen molar-refractivity contribution >= 4 is 11.5 Å². The van der Waals surface area contributed by atoms with Gasteiger partial charge in [-0.1, -0.05) is 25.3 Å². The summed E-state index contributed by atoms with van der Waals surface area (Å²) in [5.74, 6) is 0. The first-order chi connectivity index (χ1) is 10.3. The Hall–Kier alpha value is -1.27. The molecule has 2 aromatic rings. The molecule has 0 aliphatic heterocycles. The van der Waals surface area contributed by atoms with Crippen molar-refractivity contribution in [2.24, 2.45) is 0 Å². The monoisotopic (exact) mass is 307 g/mol. The van der Waals surface area contributed by atoms with Gasteiger partial charge in [0.05, 0.1) is 28.9 Å². The first-order valence-corrected chi connectivity index (χ1v) is 8.60. The van der Waals surface area contributed by atoms with Crippen LogP contribution in [0.1, 0.15) is 62.7 Å². The maximum Gasteiger partial charge on any atom is 0.0669 e. The van der Waals surface area contributed by atoms with Crippen LogP contribution >= 0.6 is 11.5 Å². The molecule has 0 bridgehead atoms. The minimum absolute atomic E-state index is 0.259. The molecule has 0 saturated heterocycles. The van der Waals surface area contributed by atoms with Gasteiger partial charge in [-0.05, 0) is 43.4 Å². The Bertz CT molecular complexity index is 504. The lowest BCUT2D eigenvalue weighted by Gasteiger charge is -2.15. The van der Waals surface area contributed by atoms with E-state index in [4.69, 9.17) is 5.10 Å². The van der Waals surface area contributed by atoms with Gasteiger partial charge in [-0.15, -0.1) is 5.10 Å². The summed E-state index contributed by atoms with van der Waals surface area (Å²) in [5.41, 5.74) is 1.13. The third-order valence-corrected chi connectivity index (χ3v) is 4.53. The summed E-state index contributed by atoms with van der Waals surface area (Å²) in [6.45, 7) is 7.60. The summed E-state index contributed by atoms with van der Waals surface area (Å²) in [6, 6.07) is 2.90. The Morgan fingerprint density at radius 2 is 2.10 bits per heavy atom. The Morgan fingerprint density at radius 1 is 1.29 bits per heavy atom. The van der Waals surface area contributed by atoms with Crippen LogP contribution in [0.5, 0.6) is 0 Å². The zero-order valence-electron chi connectivity index (χ0n) is 13.1. The van der Waals surface area contributed by atoms with Gasteiger partial charge < -0.3 is 5.32 Å². The number of rotatable bonds is 9. The highest BCUT2D eigenvalue weighted by Crippen LogP contribution is 2.21. The third-order valence-electron chi connectivity index (χ3n) is 3.76. The van der Waals surface area contributed by atoms with Gasteiger partial charge in [0, 0.05) is 12.6 Å². The molecule has 0 saturated carbocycles. The van der Waals surface area contributed by atoms with Crippen LogP contribution in [0.25, 0.3) is 0 Å². The molecule has 2 aromatic heterocycles. The van der Waals surface area contributed by atoms with Crippen molar-refractivity contribution in [1.82, 2.24) is 24.7 Å². The first kappa shape index (κ1) is 16.1. The summed E-state index contributed by atoms with van der Waals surface area (Å²) < 4.78 is 6.09. The zero-order valence-corrected chi connectivity index (χ0v) is 13.9. The SMILES string of the molecule is CCCNC(Cc1ccn(C(CC)CC)n1)c1cnns1. The highest BCUT2D eigenvalue weighted by Gasteiger charge is 2.16. The van der Waals surface area contributed by atoms with Gasteiger partial charge in [0.2, 0.25) is 0 Å². The lowest BCUT2D eigenvalue weighted by Crippen LogP contribution is -2.23. The number of aromatic nitrogens is 4. The van der Waals surface area contributed by atoms with Crippen LogP contribution in [0.15, 0.2) is 18.5 Å². The molecule has 1 unspecified atom stereocenters. The van der Waals surface area contributed by atoms with Gasteiger partial charge in [-0.25, -0.2) is 0 Å². The fourth-order valence-corrected chi connectivity index (χ4v) is 3.06. The van der Waals surface area contributed by atoms with Gasteiger partial charge >= 0.3 is 0 Å². The first-order valence-electron chi connectivity index (χ1n) is 7.83. The molecular weight excluding hydrogens is 282 g/mol. The van der Waals surface area contributed by atoms with E-state index in [0.29, 0.717) is 6.04 Å². The lowest BCUT2D eigenvalue weighted by atomic mass is 10.1. The Labute approximate surface area is 130 Å². The Kier molecular flexibility index (Phi) is 6.32. The molecule has 1 atom stereocenters. The fourth-order valence-electron chi connectivity index (χ4n) is 2.48. The average Bonchev–Trinajstić information content (AvgIpc) is 3.16. The van der Waals surface area contributed by atoms with Crippen molar-refractivity contribution in [2.45, 2.75) is 58.5 Å². The summed E-state index contributed by atoms with van der Waals surface area (Å²) in [4.78, 5) is 1.18. The van der Waals surface area contributed by atoms with Crippen LogP contribution in [-0.4, -0.2) is 25.9 Å². The molecule has 2 heterocycles. The van der Waals surface area contributed by atoms with Crippen molar-refractivity contribution in [1.29, 1.82) is 0 Å². The highest BCUT2D eigenvalue weighted by molar-refractivity contribution is 7.05. The number of hydrogen-bond donors (Lipinski definition) is 1. The lowest BCUT2D eigenvalue weighted by molar-refractivity contribution is 0.422. The van der Waals surface area contributed by atoms with E-state index in [-0.39, 0.29) is 6.04 Å². The number of nitrogens with zero attached hydrogens (tertiary/aromatic N) is 4. The van der Waals surface area contributed by atoms with Gasteiger partial charge in [0.1, 0.15) is 0 Å². The zero-order chi connectivity index (χ0) is 15.1. The van der Waals surface area contributed by atoms with Crippen LogP contribution in [0.2, 0.25) is 0 Å². The molecule has 0 aromatic carbocycles. The summed E-state index contributed by atoms with van der Waals surface area (Å²) >= 11 is 1.46. The van der Waals surface area contributed by atoms with Crippen LogP contribution in [0.4, 0.5) is 0 Å². The van der Waals surface area contributed by atoms with Crippen LogP contribution in [0, 0.1) is 0 Å². The van der Waals surface area contributed by atoms with E-state index in [0.717, 1.165) is 37.9 Å². The molecule has 21 heavy (non-hydrogen) atoms. The molecule has 0 spiro atoms. The predicted molar refractivity (Wildman–Crippen MR) is 86.5 cm³/mol. The topological polar surface area (TPSA) is 55.6 Å². The van der Waals surface area contributed by atoms with E-state index in [9.17, 15) is 0 Å². The minimum atomic E-state index is 0.259. The standard InChI is InChI=1S/C15H25N5S/c1-4-8-16-14(15-11-17-19-21-15)10-12-7-9-20(18-12)13(5-2)6-3/h7,9,11,13-14,16H,4-6,8,10H2,1-3H3. The predicted octanol–water partition coefficient (Wildman–Crippen LogP) is 3.38. The second-order valence-electron chi connectivity index (χ2n) is 5.29. The van der Waals surface area contributed by atoms with Crippen molar-refractivity contribution < 1.29 is 0 Å². The van der Waals surface area contributed by atoms with E-state index < -0.39 is 0 Å². The smallest absolute Gasteiger partial charge is 0.0669 e. The van der Waals surface area contributed by atoms with E-state index in [1.54, 1.807) is 0 Å². The molecule has 5 nitrogen and oxygen atoms in total. The van der Waals surface area contributed by atoms with Crippen molar-refractivity contribution in [3.8, 4) is 0 Å². The molecular formula is C15H25N5S. The molecule has 6 heteroatoms. The Balaban J connectivity index is 2.06. The molecule has 1 N–H and O–H groups in total. The second kappa shape index (κ2) is 8.24. The third kappa shape index (κ3) is 4.35. The largest absolute Gasteiger partial charge is 0.309 e. The van der Waals surface area contributed by atoms with Gasteiger partial charge in [-0.3, -0.25) is 4.68 Å². The minimum Gasteiger partial charge on any atom is -0.309 e. The fraction of sp³-hybridized carbons (Fsp3) is 0.667. The van der Waals surface area contributed by atoms with Gasteiger partial charge in [0.15, 0.2) is 0 Å². The van der Waals surface area contributed by atoms with Crippen LogP contribution < -0.4 is 5.32 Å². The molecule has 0 aliphatic rings. The maximum absolute atomic E-state index is 4.75.